The van der Waals surface area contributed by atoms with Gasteiger partial charge in [-0.15, -0.1) is 0 Å². The van der Waals surface area contributed by atoms with E-state index in [0.29, 0.717) is 0 Å². The summed E-state index contributed by atoms with van der Waals surface area (Å²) in [6.07, 6.45) is 0. The van der Waals surface area contributed by atoms with Gasteiger partial charge in [0.25, 0.3) is 0 Å². The van der Waals surface area contributed by atoms with E-state index in [4.69, 9.17) is 8.83 Å². The molecule has 0 fully saturated rings. The molecule has 318 valence electrons. The zero-order valence-corrected chi connectivity index (χ0v) is 36.8. The van der Waals surface area contributed by atoms with Crippen molar-refractivity contribution in [2.24, 2.45) is 0 Å². The molecular weight excluding hydrogens is 829 g/mol. The van der Waals surface area contributed by atoms with Crippen LogP contribution in [0.2, 0.25) is 0 Å². The van der Waals surface area contributed by atoms with Crippen LogP contribution in [0.15, 0.2) is 251 Å². The monoisotopic (exact) mass is 868 g/mol. The number of rotatable bonds is 7. The van der Waals surface area contributed by atoms with Crippen LogP contribution in [-0.4, -0.2) is 0 Å². The van der Waals surface area contributed by atoms with Crippen LogP contribution in [-0.2, 0) is 0 Å². The number of nitrogens with zero attached hydrogens (tertiary/aromatic N) is 2. The van der Waals surface area contributed by atoms with Crippen LogP contribution in [0.25, 0.3) is 98.1 Å². The van der Waals surface area contributed by atoms with Gasteiger partial charge in [-0.3, -0.25) is 0 Å². The van der Waals surface area contributed by atoms with E-state index in [1.807, 2.05) is 12.1 Å². The van der Waals surface area contributed by atoms with Gasteiger partial charge < -0.3 is 18.6 Å². The summed E-state index contributed by atoms with van der Waals surface area (Å²) in [5.74, 6) is 0. The topological polar surface area (TPSA) is 32.8 Å². The van der Waals surface area contributed by atoms with Crippen molar-refractivity contribution in [1.82, 2.24) is 0 Å². The Bertz CT molecular complexity index is 4280. The average Bonchev–Trinajstić information content (AvgIpc) is 3.99. The van der Waals surface area contributed by atoms with Crippen molar-refractivity contribution >= 4 is 121 Å². The Morgan fingerprint density at radius 3 is 1.69 bits per heavy atom. The Labute approximate surface area is 391 Å². The van der Waals surface area contributed by atoms with Crippen molar-refractivity contribution in [2.45, 2.75) is 0 Å². The molecule has 0 atom stereocenters. The fourth-order valence-electron chi connectivity index (χ4n) is 10.7. The van der Waals surface area contributed by atoms with E-state index in [1.165, 1.54) is 26.9 Å². The lowest BCUT2D eigenvalue weighted by molar-refractivity contribution is 0.668. The van der Waals surface area contributed by atoms with Crippen LogP contribution in [0.4, 0.5) is 34.1 Å². The summed E-state index contributed by atoms with van der Waals surface area (Å²) in [7, 11) is 0. The molecular formula is C64H40N2O2. The molecule has 0 amide bonds. The molecule has 14 aromatic rings. The van der Waals surface area contributed by atoms with Crippen molar-refractivity contribution in [2.75, 3.05) is 9.80 Å². The second kappa shape index (κ2) is 15.2. The van der Waals surface area contributed by atoms with Crippen molar-refractivity contribution in [1.29, 1.82) is 0 Å². The third-order valence-corrected chi connectivity index (χ3v) is 13.8. The molecule has 14 rings (SSSR count). The van der Waals surface area contributed by atoms with Gasteiger partial charge >= 0.3 is 0 Å². The number of para-hydroxylation sites is 4. The standard InChI is InChI=1S/C64H40N2O2/c1-3-16-41(17-4-1)50-22-11-13-27-58(50)66(59-28-15-26-54-52-24-12-14-29-60(52)67-63(54)59)47-34-37-56-61(40-47)68-64-55-36-33-46(39-57(55)51-23-9-10-25-53(51)62(56)64)65(44-19-5-2-6-20-44)45-32-35-49-43(38-45)31-30-42-18-7-8-21-48(42)49/h1-40H. The predicted octanol–water partition coefficient (Wildman–Crippen LogP) is 18.7. The summed E-state index contributed by atoms with van der Waals surface area (Å²) < 4.78 is 13.9. The van der Waals surface area contributed by atoms with E-state index in [-0.39, 0.29) is 0 Å². The van der Waals surface area contributed by atoms with Gasteiger partial charge in [-0.1, -0.05) is 164 Å². The molecule has 12 aromatic carbocycles. The van der Waals surface area contributed by atoms with E-state index < -0.39 is 0 Å². The van der Waals surface area contributed by atoms with Gasteiger partial charge in [-0.2, -0.15) is 0 Å². The molecule has 68 heavy (non-hydrogen) atoms. The summed E-state index contributed by atoms with van der Waals surface area (Å²) >= 11 is 0. The first-order valence-electron chi connectivity index (χ1n) is 23.2. The molecule has 0 radical (unpaired) electrons. The first-order valence-corrected chi connectivity index (χ1v) is 23.2. The van der Waals surface area contributed by atoms with Crippen molar-refractivity contribution in [3.8, 4) is 11.1 Å². The van der Waals surface area contributed by atoms with Crippen LogP contribution >= 0.6 is 0 Å². The number of hydrogen-bond donors (Lipinski definition) is 0. The lowest BCUT2D eigenvalue weighted by atomic mass is 9.96. The number of hydrogen-bond acceptors (Lipinski definition) is 4. The Morgan fingerprint density at radius 1 is 0.265 bits per heavy atom. The van der Waals surface area contributed by atoms with Crippen LogP contribution in [0, 0.1) is 0 Å². The molecule has 0 saturated carbocycles. The number of furan rings is 2. The molecule has 0 aliphatic heterocycles. The third kappa shape index (κ3) is 5.94. The second-order valence-electron chi connectivity index (χ2n) is 17.6. The van der Waals surface area contributed by atoms with E-state index in [2.05, 4.69) is 240 Å². The second-order valence-corrected chi connectivity index (χ2v) is 17.6. The minimum atomic E-state index is 0.813. The Kier molecular flexibility index (Phi) is 8.55. The summed E-state index contributed by atoms with van der Waals surface area (Å²) in [6, 6.07) is 86.8. The van der Waals surface area contributed by atoms with Crippen molar-refractivity contribution < 1.29 is 8.83 Å². The summed E-state index contributed by atoms with van der Waals surface area (Å²) in [5.41, 5.74) is 11.8. The zero-order valence-electron chi connectivity index (χ0n) is 36.8. The average molecular weight is 869 g/mol. The maximum atomic E-state index is 7.18. The van der Waals surface area contributed by atoms with Gasteiger partial charge in [0.15, 0.2) is 5.58 Å². The van der Waals surface area contributed by atoms with Crippen LogP contribution in [0.5, 0.6) is 0 Å². The van der Waals surface area contributed by atoms with Crippen LogP contribution in [0.1, 0.15) is 0 Å². The highest BCUT2D eigenvalue weighted by atomic mass is 16.3. The van der Waals surface area contributed by atoms with E-state index in [0.717, 1.165) is 105 Å². The minimum Gasteiger partial charge on any atom is -0.455 e. The van der Waals surface area contributed by atoms with E-state index >= 15 is 0 Å². The van der Waals surface area contributed by atoms with Gasteiger partial charge in [0.05, 0.1) is 17.1 Å². The summed E-state index contributed by atoms with van der Waals surface area (Å²) in [4.78, 5) is 4.69. The van der Waals surface area contributed by atoms with Crippen LogP contribution < -0.4 is 9.80 Å². The SMILES string of the molecule is c1ccc(-c2ccccc2N(c2ccc3c(c2)oc2c4ccc(N(c5ccccc5)c5ccc6c(ccc7ccccc76)c5)cc4c4ccccc4c32)c2cccc3c2oc2ccccc23)cc1. The molecule has 2 aromatic heterocycles. The fourth-order valence-corrected chi connectivity index (χ4v) is 10.7. The Morgan fingerprint density at radius 2 is 0.838 bits per heavy atom. The lowest BCUT2D eigenvalue weighted by Gasteiger charge is -2.27. The lowest BCUT2D eigenvalue weighted by Crippen LogP contribution is -2.11. The zero-order chi connectivity index (χ0) is 44.7. The Balaban J connectivity index is 0.973. The fraction of sp³-hybridized carbons (Fsp3) is 0. The van der Waals surface area contributed by atoms with Crippen LogP contribution in [0.3, 0.4) is 0 Å². The molecule has 0 aliphatic carbocycles. The minimum absolute atomic E-state index is 0.813. The number of fused-ring (bicyclic) bond motifs is 14. The van der Waals surface area contributed by atoms with Gasteiger partial charge in [0, 0.05) is 55.6 Å². The first-order chi connectivity index (χ1) is 33.7. The third-order valence-electron chi connectivity index (χ3n) is 13.8. The first kappa shape index (κ1) is 38.2. The normalized spacial score (nSPS) is 11.8. The van der Waals surface area contributed by atoms with E-state index in [9.17, 15) is 0 Å². The largest absolute Gasteiger partial charge is 0.455 e. The molecule has 4 nitrogen and oxygen atoms in total. The maximum absolute atomic E-state index is 7.18. The van der Waals surface area contributed by atoms with Gasteiger partial charge in [-0.05, 0) is 116 Å². The predicted molar refractivity (Wildman–Crippen MR) is 286 cm³/mol. The maximum Gasteiger partial charge on any atom is 0.159 e. The molecule has 0 aliphatic rings. The molecule has 0 bridgehead atoms. The van der Waals surface area contributed by atoms with Crippen molar-refractivity contribution in [3.63, 3.8) is 0 Å². The highest BCUT2D eigenvalue weighted by molar-refractivity contribution is 6.31. The molecule has 0 spiro atoms. The van der Waals surface area contributed by atoms with Gasteiger partial charge in [-0.25, -0.2) is 0 Å². The number of anilines is 6. The van der Waals surface area contributed by atoms with Crippen molar-refractivity contribution in [3.05, 3.63) is 243 Å². The molecule has 0 unspecified atom stereocenters. The molecule has 0 N–H and O–H groups in total. The molecule has 0 saturated heterocycles. The molecule has 2 heterocycles. The van der Waals surface area contributed by atoms with Gasteiger partial charge in [0.2, 0.25) is 0 Å². The quantitative estimate of drug-likeness (QED) is 0.149. The smallest absolute Gasteiger partial charge is 0.159 e. The summed E-state index contributed by atoms with van der Waals surface area (Å²) in [5, 5.41) is 13.8. The van der Waals surface area contributed by atoms with Gasteiger partial charge in [0.1, 0.15) is 16.7 Å². The number of benzene rings is 12. The molecule has 4 heteroatoms. The Hall–Kier alpha value is -9.12. The highest BCUT2D eigenvalue weighted by Crippen LogP contribution is 2.49. The summed E-state index contributed by atoms with van der Waals surface area (Å²) in [6.45, 7) is 0. The highest BCUT2D eigenvalue weighted by Gasteiger charge is 2.24. The van der Waals surface area contributed by atoms with E-state index in [1.54, 1.807) is 0 Å².